The van der Waals surface area contributed by atoms with Crippen LogP contribution < -0.4 is 4.90 Å². The van der Waals surface area contributed by atoms with E-state index in [4.69, 9.17) is 0 Å². The molecule has 0 saturated heterocycles. The number of nitrogens with zero attached hydrogens (tertiary/aromatic N) is 1. The molecule has 0 radical (unpaired) electrons. The third-order valence-electron chi connectivity index (χ3n) is 2.79. The molecule has 0 spiro atoms. The average Bonchev–Trinajstić information content (AvgIpc) is 2.58. The first-order valence-corrected chi connectivity index (χ1v) is 7.51. The van der Waals surface area contributed by atoms with E-state index in [0.717, 1.165) is 11.1 Å². The highest BCUT2D eigenvalue weighted by Crippen LogP contribution is 2.11. The molecular weight excluding hydrogens is 266 g/mol. The molecule has 0 aliphatic heterocycles. The lowest BCUT2D eigenvalue weighted by Crippen LogP contribution is -2.07. The molecule has 0 heterocycles. The maximum atomic E-state index is 3.18. The van der Waals surface area contributed by atoms with Crippen LogP contribution in [0.3, 0.4) is 0 Å². The highest BCUT2D eigenvalue weighted by molar-refractivity contribution is 5.51. The van der Waals surface area contributed by atoms with Gasteiger partial charge < -0.3 is 4.90 Å². The minimum Gasteiger partial charge on any atom is -0.378 e. The monoisotopic (exact) mass is 293 g/mol. The molecule has 0 aromatic heterocycles. The van der Waals surface area contributed by atoms with E-state index < -0.39 is 0 Å². The maximum Gasteiger partial charge on any atom is 0.0361 e. The Morgan fingerprint density at radius 2 is 1.09 bits per heavy atom. The summed E-state index contributed by atoms with van der Waals surface area (Å²) < 4.78 is 0. The first-order chi connectivity index (χ1) is 10.6. The second-order valence-electron chi connectivity index (χ2n) is 4.56. The molecule has 116 valence electrons. The second kappa shape index (κ2) is 11.2. The fourth-order valence-corrected chi connectivity index (χ4v) is 1.62. The SMILES string of the molecule is C=C.CC.Cc1ccc(C#Cc2ccc(N(C)C)cc2)cc1. The lowest BCUT2D eigenvalue weighted by molar-refractivity contribution is 1.13. The molecule has 0 atom stereocenters. The van der Waals surface area contributed by atoms with Crippen LogP contribution in [-0.4, -0.2) is 14.1 Å². The Morgan fingerprint density at radius 1 is 0.727 bits per heavy atom. The van der Waals surface area contributed by atoms with Crippen molar-refractivity contribution in [3.8, 4) is 11.8 Å². The number of hydrogen-bond donors (Lipinski definition) is 0. The number of benzene rings is 2. The van der Waals surface area contributed by atoms with Gasteiger partial charge in [-0.25, -0.2) is 0 Å². The van der Waals surface area contributed by atoms with E-state index in [1.54, 1.807) is 0 Å². The van der Waals surface area contributed by atoms with Crippen LogP contribution in [0, 0.1) is 18.8 Å². The van der Waals surface area contributed by atoms with Crippen LogP contribution in [0.1, 0.15) is 30.5 Å². The van der Waals surface area contributed by atoms with Gasteiger partial charge in [-0.3, -0.25) is 0 Å². The van der Waals surface area contributed by atoms with E-state index in [2.05, 4.69) is 85.4 Å². The fraction of sp³-hybridized carbons (Fsp3) is 0.238. The van der Waals surface area contributed by atoms with Crippen molar-refractivity contribution >= 4 is 5.69 Å². The van der Waals surface area contributed by atoms with Gasteiger partial charge >= 0.3 is 0 Å². The zero-order valence-corrected chi connectivity index (χ0v) is 14.5. The molecule has 1 heteroatoms. The van der Waals surface area contributed by atoms with Crippen LogP contribution in [0.25, 0.3) is 0 Å². The Hall–Kier alpha value is -2.46. The Morgan fingerprint density at radius 3 is 1.45 bits per heavy atom. The summed E-state index contributed by atoms with van der Waals surface area (Å²) in [6.07, 6.45) is 0. The van der Waals surface area contributed by atoms with Gasteiger partial charge in [0.15, 0.2) is 0 Å². The molecule has 0 unspecified atom stereocenters. The smallest absolute Gasteiger partial charge is 0.0361 e. The van der Waals surface area contributed by atoms with Gasteiger partial charge in [-0.15, -0.1) is 13.2 Å². The highest BCUT2D eigenvalue weighted by atomic mass is 15.1. The van der Waals surface area contributed by atoms with Gasteiger partial charge in [0.25, 0.3) is 0 Å². The number of anilines is 1. The lowest BCUT2D eigenvalue weighted by Gasteiger charge is -2.11. The Labute approximate surface area is 136 Å². The highest BCUT2D eigenvalue weighted by Gasteiger charge is 1.93. The van der Waals surface area contributed by atoms with Crippen LogP contribution in [0.5, 0.6) is 0 Å². The van der Waals surface area contributed by atoms with Crippen molar-refractivity contribution in [2.75, 3.05) is 19.0 Å². The summed E-state index contributed by atoms with van der Waals surface area (Å²) in [5.74, 6) is 6.35. The largest absolute Gasteiger partial charge is 0.378 e. The maximum absolute atomic E-state index is 3.18. The van der Waals surface area contributed by atoms with E-state index in [0.29, 0.717) is 0 Å². The van der Waals surface area contributed by atoms with Crippen LogP contribution in [0.15, 0.2) is 61.7 Å². The summed E-state index contributed by atoms with van der Waals surface area (Å²) >= 11 is 0. The molecule has 2 aromatic rings. The number of hydrogen-bond acceptors (Lipinski definition) is 1. The quantitative estimate of drug-likeness (QED) is 0.510. The van der Waals surface area contributed by atoms with E-state index in [1.165, 1.54) is 11.3 Å². The minimum absolute atomic E-state index is 1.04. The van der Waals surface area contributed by atoms with Gasteiger partial charge in [-0.2, -0.15) is 0 Å². The van der Waals surface area contributed by atoms with Crippen molar-refractivity contribution in [2.24, 2.45) is 0 Å². The lowest BCUT2D eigenvalue weighted by atomic mass is 10.1. The van der Waals surface area contributed by atoms with Crippen LogP contribution in [0.4, 0.5) is 5.69 Å². The third kappa shape index (κ3) is 6.81. The molecule has 0 aliphatic carbocycles. The number of aryl methyl sites for hydroxylation is 1. The van der Waals surface area contributed by atoms with E-state index >= 15 is 0 Å². The second-order valence-corrected chi connectivity index (χ2v) is 4.56. The number of rotatable bonds is 1. The van der Waals surface area contributed by atoms with Crippen molar-refractivity contribution in [3.05, 3.63) is 78.4 Å². The van der Waals surface area contributed by atoms with Gasteiger partial charge in [0.05, 0.1) is 0 Å². The summed E-state index contributed by atoms with van der Waals surface area (Å²) in [6.45, 7) is 12.1. The van der Waals surface area contributed by atoms with Crippen molar-refractivity contribution in [1.29, 1.82) is 0 Å². The molecule has 0 fully saturated rings. The molecule has 0 aliphatic rings. The van der Waals surface area contributed by atoms with E-state index in [1.807, 2.05) is 27.9 Å². The Bertz CT molecular complexity index is 581. The normalized spacial score (nSPS) is 8.23. The van der Waals surface area contributed by atoms with Gasteiger partial charge in [-0.1, -0.05) is 43.4 Å². The van der Waals surface area contributed by atoms with E-state index in [-0.39, 0.29) is 0 Å². The average molecular weight is 293 g/mol. The molecule has 1 nitrogen and oxygen atoms in total. The predicted molar refractivity (Wildman–Crippen MR) is 101 cm³/mol. The summed E-state index contributed by atoms with van der Waals surface area (Å²) in [7, 11) is 4.07. The summed E-state index contributed by atoms with van der Waals surface area (Å²) in [5.41, 5.74) is 4.55. The predicted octanol–water partition coefficient (Wildman–Crippen LogP) is 5.29. The molecule has 2 rings (SSSR count). The minimum atomic E-state index is 1.04. The Balaban J connectivity index is 0.00000102. The van der Waals surface area contributed by atoms with Crippen molar-refractivity contribution in [3.63, 3.8) is 0 Å². The van der Waals surface area contributed by atoms with Crippen LogP contribution in [-0.2, 0) is 0 Å². The van der Waals surface area contributed by atoms with Crippen LogP contribution in [0.2, 0.25) is 0 Å². The molecular formula is C21H27N. The Kier molecular flexibility index (Phi) is 9.97. The summed E-state index contributed by atoms with van der Waals surface area (Å²) in [6, 6.07) is 16.5. The third-order valence-corrected chi connectivity index (χ3v) is 2.79. The zero-order valence-electron chi connectivity index (χ0n) is 14.5. The molecule has 0 N–H and O–H groups in total. The standard InChI is InChI=1S/C17H17N.C2H6.C2H4/c1-14-4-6-15(7-5-14)8-9-16-10-12-17(13-11-16)18(2)3;2*1-2/h4-7,10-13H,1-3H3;1-2H3;1-2H2. The zero-order chi connectivity index (χ0) is 17.0. The van der Waals surface area contributed by atoms with Gasteiger partial charge in [-0.05, 0) is 43.3 Å². The fourth-order valence-electron chi connectivity index (χ4n) is 1.62. The molecule has 0 bridgehead atoms. The topological polar surface area (TPSA) is 3.24 Å². The first-order valence-electron chi connectivity index (χ1n) is 7.51. The molecule has 22 heavy (non-hydrogen) atoms. The summed E-state index contributed by atoms with van der Waals surface area (Å²) in [4.78, 5) is 2.08. The van der Waals surface area contributed by atoms with Crippen molar-refractivity contribution in [2.45, 2.75) is 20.8 Å². The molecule has 0 saturated carbocycles. The first kappa shape index (κ1) is 19.5. The van der Waals surface area contributed by atoms with Crippen molar-refractivity contribution in [1.82, 2.24) is 0 Å². The van der Waals surface area contributed by atoms with E-state index in [9.17, 15) is 0 Å². The van der Waals surface area contributed by atoms with Gasteiger partial charge in [0, 0.05) is 30.9 Å². The summed E-state index contributed by atoms with van der Waals surface area (Å²) in [5, 5.41) is 0. The van der Waals surface area contributed by atoms with Gasteiger partial charge in [0.2, 0.25) is 0 Å². The molecule has 0 amide bonds. The van der Waals surface area contributed by atoms with Crippen LogP contribution >= 0.6 is 0 Å². The van der Waals surface area contributed by atoms with Crippen molar-refractivity contribution < 1.29 is 0 Å². The van der Waals surface area contributed by atoms with Gasteiger partial charge in [0.1, 0.15) is 0 Å². The molecule has 2 aromatic carbocycles.